The molecule has 1 saturated carbocycles. The number of urea groups is 1. The number of hydrogen-bond acceptors (Lipinski definition) is 4. The molecule has 0 radical (unpaired) electrons. The molecule has 1 aromatic carbocycles. The lowest BCUT2D eigenvalue weighted by Gasteiger charge is -2.36. The van der Waals surface area contributed by atoms with Crippen LogP contribution in [0.25, 0.3) is 0 Å². The molecule has 4 N–H and O–H groups in total. The van der Waals surface area contributed by atoms with Gasteiger partial charge in [-0.15, -0.1) is 0 Å². The minimum Gasteiger partial charge on any atom is -0.397 e. The Morgan fingerprint density at radius 2 is 2.12 bits per heavy atom. The minimum atomic E-state index is -0.846. The van der Waals surface area contributed by atoms with E-state index in [1.807, 2.05) is 6.92 Å². The van der Waals surface area contributed by atoms with E-state index in [4.69, 9.17) is 5.73 Å². The topological polar surface area (TPSA) is 105 Å². The van der Waals surface area contributed by atoms with Crippen LogP contribution < -0.4 is 16.4 Å². The average Bonchev–Trinajstić information content (AvgIpc) is 2.78. The number of imide groups is 1. The van der Waals surface area contributed by atoms with Crippen molar-refractivity contribution in [3.8, 4) is 0 Å². The van der Waals surface area contributed by atoms with Crippen molar-refractivity contribution < 1.29 is 14.4 Å². The fourth-order valence-electron chi connectivity index (χ4n) is 3.58. The van der Waals surface area contributed by atoms with Gasteiger partial charge in [0.05, 0.1) is 11.4 Å². The van der Waals surface area contributed by atoms with E-state index in [0.29, 0.717) is 17.8 Å². The summed E-state index contributed by atoms with van der Waals surface area (Å²) in [7, 11) is 0. The molecule has 2 atom stereocenters. The van der Waals surface area contributed by atoms with Crippen LogP contribution in [0, 0.1) is 5.92 Å². The van der Waals surface area contributed by atoms with E-state index in [2.05, 4.69) is 10.6 Å². The molecule has 1 aliphatic heterocycles. The Morgan fingerprint density at radius 3 is 2.83 bits per heavy atom. The SMILES string of the molecule is CC1CCCCC12NC(=O)N(CC(=O)Nc1ccccc1N)C2=O. The molecule has 4 amide bonds. The van der Waals surface area contributed by atoms with Crippen molar-refractivity contribution in [1.82, 2.24) is 10.2 Å². The summed E-state index contributed by atoms with van der Waals surface area (Å²) in [5, 5.41) is 5.48. The zero-order chi connectivity index (χ0) is 17.3. The molecular weight excluding hydrogens is 308 g/mol. The quantitative estimate of drug-likeness (QED) is 0.579. The van der Waals surface area contributed by atoms with E-state index in [9.17, 15) is 14.4 Å². The molecule has 3 rings (SSSR count). The molecular formula is C17H22N4O3. The Labute approximate surface area is 140 Å². The number of amides is 4. The zero-order valence-electron chi connectivity index (χ0n) is 13.7. The summed E-state index contributed by atoms with van der Waals surface area (Å²) in [4.78, 5) is 38.3. The number of rotatable bonds is 3. The summed E-state index contributed by atoms with van der Waals surface area (Å²) in [5.41, 5.74) is 5.84. The van der Waals surface area contributed by atoms with Crippen molar-refractivity contribution in [3.63, 3.8) is 0 Å². The number of nitrogens with two attached hydrogens (primary N) is 1. The third-order valence-electron chi connectivity index (χ3n) is 5.04. The second-order valence-corrected chi connectivity index (χ2v) is 6.58. The lowest BCUT2D eigenvalue weighted by atomic mass is 9.73. The Bertz CT molecular complexity index is 690. The summed E-state index contributed by atoms with van der Waals surface area (Å²) < 4.78 is 0. The number of anilines is 2. The maximum absolute atomic E-state index is 12.8. The molecule has 2 fully saturated rings. The summed E-state index contributed by atoms with van der Waals surface area (Å²) >= 11 is 0. The molecule has 2 aliphatic rings. The molecule has 24 heavy (non-hydrogen) atoms. The van der Waals surface area contributed by atoms with Crippen LogP contribution in [0.5, 0.6) is 0 Å². The van der Waals surface area contributed by atoms with E-state index in [0.717, 1.165) is 24.2 Å². The molecule has 128 valence electrons. The molecule has 1 aliphatic carbocycles. The van der Waals surface area contributed by atoms with E-state index >= 15 is 0 Å². The zero-order valence-corrected chi connectivity index (χ0v) is 13.7. The molecule has 0 aromatic heterocycles. The van der Waals surface area contributed by atoms with Gasteiger partial charge in [0.15, 0.2) is 0 Å². The van der Waals surface area contributed by atoms with Crippen molar-refractivity contribution in [3.05, 3.63) is 24.3 Å². The summed E-state index contributed by atoms with van der Waals surface area (Å²) in [5.74, 6) is -0.673. The van der Waals surface area contributed by atoms with Gasteiger partial charge in [-0.25, -0.2) is 4.79 Å². The fraction of sp³-hybridized carbons (Fsp3) is 0.471. The first-order valence-electron chi connectivity index (χ1n) is 8.22. The summed E-state index contributed by atoms with van der Waals surface area (Å²) in [6.07, 6.45) is 3.48. The lowest BCUT2D eigenvalue weighted by molar-refractivity contribution is -0.136. The first-order valence-corrected chi connectivity index (χ1v) is 8.22. The molecule has 7 heteroatoms. The number of nitrogens with one attached hydrogen (secondary N) is 2. The van der Waals surface area contributed by atoms with Gasteiger partial charge in [-0.1, -0.05) is 31.9 Å². The van der Waals surface area contributed by atoms with Gasteiger partial charge in [0.1, 0.15) is 12.1 Å². The molecule has 1 spiro atoms. The number of carbonyl (C=O) groups is 3. The van der Waals surface area contributed by atoms with Crippen molar-refractivity contribution in [2.45, 2.75) is 38.1 Å². The van der Waals surface area contributed by atoms with Crippen molar-refractivity contribution >= 4 is 29.2 Å². The highest BCUT2D eigenvalue weighted by Gasteiger charge is 2.55. The normalized spacial score (nSPS) is 26.5. The number of carbonyl (C=O) groups excluding carboxylic acids is 3. The van der Waals surface area contributed by atoms with Gasteiger partial charge < -0.3 is 16.4 Å². The predicted molar refractivity (Wildman–Crippen MR) is 90.1 cm³/mol. The summed E-state index contributed by atoms with van der Waals surface area (Å²) in [6.45, 7) is 1.67. The second kappa shape index (κ2) is 6.14. The standard InChI is InChI=1S/C17H22N4O3/c1-11-6-4-5-9-17(11)15(23)21(16(24)20-17)10-14(22)19-13-8-3-2-7-12(13)18/h2-3,7-8,11H,4-6,9-10,18H2,1H3,(H,19,22)(H,20,24). The third kappa shape index (κ3) is 2.70. The van der Waals surface area contributed by atoms with Gasteiger partial charge in [0.25, 0.3) is 5.91 Å². The van der Waals surface area contributed by atoms with Crippen LogP contribution in [0.1, 0.15) is 32.6 Å². The van der Waals surface area contributed by atoms with Gasteiger partial charge in [-0.2, -0.15) is 0 Å². The van der Waals surface area contributed by atoms with Gasteiger partial charge >= 0.3 is 6.03 Å². The van der Waals surface area contributed by atoms with Crippen LogP contribution in [0.15, 0.2) is 24.3 Å². The number of para-hydroxylation sites is 2. The minimum absolute atomic E-state index is 0.0699. The maximum atomic E-state index is 12.8. The molecule has 1 aromatic rings. The van der Waals surface area contributed by atoms with E-state index in [-0.39, 0.29) is 18.4 Å². The summed E-state index contributed by atoms with van der Waals surface area (Å²) in [6, 6.07) is 6.35. The number of hydrogen-bond donors (Lipinski definition) is 3. The van der Waals surface area contributed by atoms with Crippen LogP contribution in [0.3, 0.4) is 0 Å². The first-order chi connectivity index (χ1) is 11.4. The maximum Gasteiger partial charge on any atom is 0.325 e. The van der Waals surface area contributed by atoms with Crippen molar-refractivity contribution in [1.29, 1.82) is 0 Å². The highest BCUT2D eigenvalue weighted by molar-refractivity contribution is 6.10. The van der Waals surface area contributed by atoms with Crippen LogP contribution >= 0.6 is 0 Å². The first kappa shape index (κ1) is 16.3. The Balaban J connectivity index is 1.71. The smallest absolute Gasteiger partial charge is 0.325 e. The fourth-order valence-corrected chi connectivity index (χ4v) is 3.58. The van der Waals surface area contributed by atoms with Crippen molar-refractivity contribution in [2.75, 3.05) is 17.6 Å². The highest BCUT2D eigenvalue weighted by atomic mass is 16.2. The molecule has 1 saturated heterocycles. The largest absolute Gasteiger partial charge is 0.397 e. The highest BCUT2D eigenvalue weighted by Crippen LogP contribution is 2.38. The lowest BCUT2D eigenvalue weighted by Crippen LogP contribution is -2.54. The van der Waals surface area contributed by atoms with E-state index < -0.39 is 17.5 Å². The molecule has 0 bridgehead atoms. The van der Waals surface area contributed by atoms with E-state index in [1.54, 1.807) is 24.3 Å². The van der Waals surface area contributed by atoms with Gasteiger partial charge in [0, 0.05) is 0 Å². The van der Waals surface area contributed by atoms with Crippen LogP contribution in [-0.2, 0) is 9.59 Å². The Kier molecular flexibility index (Phi) is 4.17. The molecule has 2 unspecified atom stereocenters. The van der Waals surface area contributed by atoms with Gasteiger partial charge in [-0.05, 0) is 30.9 Å². The predicted octanol–water partition coefficient (Wildman–Crippen LogP) is 1.71. The number of benzene rings is 1. The number of nitrogen functional groups attached to an aromatic ring is 1. The van der Waals surface area contributed by atoms with E-state index in [1.165, 1.54) is 0 Å². The van der Waals surface area contributed by atoms with Gasteiger partial charge in [-0.3, -0.25) is 14.5 Å². The molecule has 1 heterocycles. The Hall–Kier alpha value is -2.57. The molecule has 7 nitrogen and oxygen atoms in total. The number of nitrogens with zero attached hydrogens (tertiary/aromatic N) is 1. The van der Waals surface area contributed by atoms with Crippen LogP contribution in [-0.4, -0.2) is 34.8 Å². The van der Waals surface area contributed by atoms with Crippen LogP contribution in [0.4, 0.5) is 16.2 Å². The van der Waals surface area contributed by atoms with Crippen molar-refractivity contribution in [2.24, 2.45) is 5.92 Å². The third-order valence-corrected chi connectivity index (χ3v) is 5.04. The monoisotopic (exact) mass is 330 g/mol. The second-order valence-electron chi connectivity index (χ2n) is 6.58. The Morgan fingerprint density at radius 1 is 1.38 bits per heavy atom. The van der Waals surface area contributed by atoms with Crippen LogP contribution in [0.2, 0.25) is 0 Å². The van der Waals surface area contributed by atoms with Gasteiger partial charge in [0.2, 0.25) is 5.91 Å². The average molecular weight is 330 g/mol.